The Morgan fingerprint density at radius 3 is 2.75 bits per heavy atom. The van der Waals surface area contributed by atoms with Gasteiger partial charge in [0.25, 0.3) is 10.0 Å². The van der Waals surface area contributed by atoms with Gasteiger partial charge < -0.3 is 9.67 Å². The molecule has 0 fully saturated rings. The number of sulfonamides is 1. The number of carboxylic acids is 1. The van der Waals surface area contributed by atoms with Crippen molar-refractivity contribution in [1.29, 1.82) is 0 Å². The Morgan fingerprint density at radius 2 is 2.20 bits per heavy atom. The molecule has 10 nitrogen and oxygen atoms in total. The quantitative estimate of drug-likeness (QED) is 0.676. The standard InChI is InChI=1S/C9H12N6O4S/c1-14-5-8(10-6-14)20(18,19)11-2-3-15-4-7(9(16)17)12-13-15/h4-6,11H,2-3H2,1H3,(H,16,17). The molecule has 0 spiro atoms. The molecule has 0 aromatic carbocycles. The fraction of sp³-hybridized carbons (Fsp3) is 0.333. The van der Waals surface area contributed by atoms with Gasteiger partial charge in [-0.15, -0.1) is 5.10 Å². The second-order valence-corrected chi connectivity index (χ2v) is 5.66. The van der Waals surface area contributed by atoms with E-state index in [-0.39, 0.29) is 23.8 Å². The van der Waals surface area contributed by atoms with Crippen molar-refractivity contribution in [2.24, 2.45) is 7.05 Å². The monoisotopic (exact) mass is 300 g/mol. The lowest BCUT2D eigenvalue weighted by Gasteiger charge is -2.03. The summed E-state index contributed by atoms with van der Waals surface area (Å²) >= 11 is 0. The predicted octanol–water partition coefficient (Wildman–Crippen LogP) is -1.31. The zero-order valence-corrected chi connectivity index (χ0v) is 11.3. The number of aromatic nitrogens is 5. The van der Waals surface area contributed by atoms with Crippen LogP contribution >= 0.6 is 0 Å². The zero-order chi connectivity index (χ0) is 14.8. The highest BCUT2D eigenvalue weighted by molar-refractivity contribution is 7.89. The molecule has 2 heterocycles. The Bertz CT molecular complexity index is 718. The first-order valence-corrected chi connectivity index (χ1v) is 6.98. The van der Waals surface area contributed by atoms with Crippen molar-refractivity contribution in [3.8, 4) is 0 Å². The van der Waals surface area contributed by atoms with Gasteiger partial charge in [0.15, 0.2) is 10.7 Å². The fourth-order valence-electron chi connectivity index (χ4n) is 1.40. The van der Waals surface area contributed by atoms with Crippen LogP contribution < -0.4 is 4.72 Å². The van der Waals surface area contributed by atoms with Gasteiger partial charge in [-0.2, -0.15) is 0 Å². The fourth-order valence-corrected chi connectivity index (χ4v) is 2.40. The van der Waals surface area contributed by atoms with Crippen molar-refractivity contribution in [1.82, 2.24) is 29.3 Å². The third-order valence-electron chi connectivity index (χ3n) is 2.35. The van der Waals surface area contributed by atoms with Gasteiger partial charge in [0.05, 0.1) is 19.1 Å². The third kappa shape index (κ3) is 3.19. The number of hydrogen-bond donors (Lipinski definition) is 2. The Labute approximate surface area is 114 Å². The summed E-state index contributed by atoms with van der Waals surface area (Å²) in [5, 5.41) is 15.6. The molecule has 0 aliphatic heterocycles. The molecule has 0 atom stereocenters. The van der Waals surface area contributed by atoms with E-state index < -0.39 is 16.0 Å². The Kier molecular flexibility index (Phi) is 3.81. The average molecular weight is 300 g/mol. The number of carboxylic acid groups (broad SMARTS) is 1. The molecule has 2 aromatic heterocycles. The maximum Gasteiger partial charge on any atom is 0.358 e. The molecular weight excluding hydrogens is 288 g/mol. The second kappa shape index (κ2) is 5.38. The number of imidazole rings is 1. The van der Waals surface area contributed by atoms with Crippen LogP contribution in [0.4, 0.5) is 0 Å². The van der Waals surface area contributed by atoms with Crippen molar-refractivity contribution in [3.05, 3.63) is 24.4 Å². The molecule has 0 amide bonds. The van der Waals surface area contributed by atoms with Crippen LogP contribution in [0.1, 0.15) is 10.5 Å². The van der Waals surface area contributed by atoms with E-state index in [4.69, 9.17) is 5.11 Å². The molecule has 2 rings (SSSR count). The molecule has 0 aliphatic rings. The SMILES string of the molecule is Cn1cnc(S(=O)(=O)NCCn2cc(C(=O)O)nn2)c1. The first-order valence-electron chi connectivity index (χ1n) is 5.49. The van der Waals surface area contributed by atoms with Gasteiger partial charge in [-0.3, -0.25) is 4.68 Å². The summed E-state index contributed by atoms with van der Waals surface area (Å²) in [4.78, 5) is 14.3. The summed E-state index contributed by atoms with van der Waals surface area (Å²) in [6.45, 7) is 0.202. The molecule has 0 saturated carbocycles. The second-order valence-electron chi connectivity index (χ2n) is 3.95. The summed E-state index contributed by atoms with van der Waals surface area (Å²) in [5.74, 6) is -1.19. The summed E-state index contributed by atoms with van der Waals surface area (Å²) in [5.41, 5.74) is -0.197. The van der Waals surface area contributed by atoms with Gasteiger partial charge in [-0.1, -0.05) is 5.21 Å². The van der Waals surface area contributed by atoms with Gasteiger partial charge in [-0.05, 0) is 0 Å². The Hall–Kier alpha value is -2.27. The Balaban J connectivity index is 1.93. The van der Waals surface area contributed by atoms with E-state index in [0.717, 1.165) is 0 Å². The van der Waals surface area contributed by atoms with Gasteiger partial charge in [0.2, 0.25) is 0 Å². The highest BCUT2D eigenvalue weighted by Gasteiger charge is 2.16. The number of rotatable bonds is 6. The lowest BCUT2D eigenvalue weighted by molar-refractivity contribution is 0.0690. The lowest BCUT2D eigenvalue weighted by atomic mass is 10.5. The van der Waals surface area contributed by atoms with Crippen molar-refractivity contribution in [3.63, 3.8) is 0 Å². The molecule has 108 valence electrons. The minimum atomic E-state index is -3.68. The van der Waals surface area contributed by atoms with E-state index in [1.165, 1.54) is 28.0 Å². The van der Waals surface area contributed by atoms with E-state index in [1.54, 1.807) is 7.05 Å². The van der Waals surface area contributed by atoms with E-state index in [0.29, 0.717) is 0 Å². The molecule has 0 unspecified atom stereocenters. The first kappa shape index (κ1) is 14.1. The number of aryl methyl sites for hydroxylation is 1. The minimum absolute atomic E-state index is 0.0430. The number of nitrogens with one attached hydrogen (secondary N) is 1. The van der Waals surface area contributed by atoms with E-state index >= 15 is 0 Å². The van der Waals surface area contributed by atoms with Gasteiger partial charge in [-0.25, -0.2) is 22.9 Å². The van der Waals surface area contributed by atoms with E-state index in [2.05, 4.69) is 20.0 Å². The molecule has 0 aliphatic carbocycles. The van der Waals surface area contributed by atoms with Crippen LogP contribution in [-0.2, 0) is 23.6 Å². The molecule has 20 heavy (non-hydrogen) atoms. The maximum absolute atomic E-state index is 11.8. The van der Waals surface area contributed by atoms with Crippen molar-refractivity contribution in [2.45, 2.75) is 11.6 Å². The first-order chi connectivity index (χ1) is 9.38. The van der Waals surface area contributed by atoms with Gasteiger partial charge in [0, 0.05) is 19.8 Å². The zero-order valence-electron chi connectivity index (χ0n) is 10.5. The topological polar surface area (TPSA) is 132 Å². The van der Waals surface area contributed by atoms with Crippen LogP contribution in [0.5, 0.6) is 0 Å². The van der Waals surface area contributed by atoms with Crippen LogP contribution in [0.3, 0.4) is 0 Å². The minimum Gasteiger partial charge on any atom is -0.476 e. The molecule has 0 saturated heterocycles. The number of hydrogen-bond acceptors (Lipinski definition) is 6. The van der Waals surface area contributed by atoms with Crippen molar-refractivity contribution < 1.29 is 18.3 Å². The largest absolute Gasteiger partial charge is 0.476 e. The lowest BCUT2D eigenvalue weighted by Crippen LogP contribution is -2.27. The number of aromatic carboxylic acids is 1. The molecule has 2 N–H and O–H groups in total. The molecule has 11 heteroatoms. The normalized spacial score (nSPS) is 11.7. The average Bonchev–Trinajstić information content (AvgIpc) is 2.98. The molecule has 0 radical (unpaired) electrons. The highest BCUT2D eigenvalue weighted by Crippen LogP contribution is 2.03. The van der Waals surface area contributed by atoms with Crippen LogP contribution in [0.15, 0.2) is 23.7 Å². The van der Waals surface area contributed by atoms with E-state index in [1.807, 2.05) is 0 Å². The summed E-state index contributed by atoms with van der Waals surface area (Å²) in [6, 6.07) is 0. The van der Waals surface area contributed by atoms with Gasteiger partial charge in [0.1, 0.15) is 0 Å². The smallest absolute Gasteiger partial charge is 0.358 e. The van der Waals surface area contributed by atoms with Gasteiger partial charge >= 0.3 is 5.97 Å². The summed E-state index contributed by atoms with van der Waals surface area (Å²) < 4.78 is 28.7. The highest BCUT2D eigenvalue weighted by atomic mass is 32.2. The molecule has 0 bridgehead atoms. The van der Waals surface area contributed by atoms with Crippen LogP contribution in [0.2, 0.25) is 0 Å². The molecule has 2 aromatic rings. The maximum atomic E-state index is 11.8. The third-order valence-corrected chi connectivity index (χ3v) is 3.69. The molecular formula is C9H12N6O4S. The van der Waals surface area contributed by atoms with Crippen LogP contribution in [-0.4, -0.2) is 50.6 Å². The Morgan fingerprint density at radius 1 is 1.45 bits per heavy atom. The van der Waals surface area contributed by atoms with E-state index in [9.17, 15) is 13.2 Å². The van der Waals surface area contributed by atoms with Crippen molar-refractivity contribution >= 4 is 16.0 Å². The number of carbonyl (C=O) groups is 1. The van der Waals surface area contributed by atoms with Crippen LogP contribution in [0.25, 0.3) is 0 Å². The summed E-state index contributed by atoms with van der Waals surface area (Å²) in [7, 11) is -2.02. The van der Waals surface area contributed by atoms with Crippen LogP contribution in [0, 0.1) is 0 Å². The predicted molar refractivity (Wildman–Crippen MR) is 65.4 cm³/mol. The number of nitrogens with zero attached hydrogens (tertiary/aromatic N) is 5. The summed E-state index contributed by atoms with van der Waals surface area (Å²) in [6.07, 6.45) is 3.98. The van der Waals surface area contributed by atoms with Crippen molar-refractivity contribution in [2.75, 3.05) is 6.54 Å².